The van der Waals surface area contributed by atoms with Gasteiger partial charge in [-0.25, -0.2) is 0 Å². The van der Waals surface area contributed by atoms with E-state index >= 15 is 0 Å². The minimum absolute atomic E-state index is 0.348. The molecule has 0 aliphatic heterocycles. The van der Waals surface area contributed by atoms with Gasteiger partial charge in [-0.1, -0.05) is 54.6 Å². The van der Waals surface area contributed by atoms with E-state index in [9.17, 15) is 0 Å². The van der Waals surface area contributed by atoms with E-state index in [1.54, 1.807) is 6.20 Å². The van der Waals surface area contributed by atoms with E-state index in [1.807, 2.05) is 24.4 Å². The number of rotatable bonds is 4. The van der Waals surface area contributed by atoms with Gasteiger partial charge >= 0.3 is 0 Å². The summed E-state index contributed by atoms with van der Waals surface area (Å²) < 4.78 is 0. The van der Waals surface area contributed by atoms with Crippen LogP contribution >= 0.6 is 0 Å². The van der Waals surface area contributed by atoms with Gasteiger partial charge in [-0.2, -0.15) is 0 Å². The standard InChI is InChI=1S/C28H23N3/c1-28(2,26-16-6-14-24(30-26)21-11-8-18-29-19-21)27-17-7-15-25(31-27)23-13-5-10-20-9-3-4-12-22(20)23/h3-19H,1-2H3. The molecule has 5 rings (SSSR count). The first kappa shape index (κ1) is 19.1. The fourth-order valence-electron chi connectivity index (χ4n) is 3.97. The Morgan fingerprint density at radius 3 is 2.06 bits per heavy atom. The molecule has 2 aromatic carbocycles. The molecule has 0 radical (unpaired) electrons. The van der Waals surface area contributed by atoms with E-state index in [-0.39, 0.29) is 5.41 Å². The van der Waals surface area contributed by atoms with Crippen molar-refractivity contribution in [1.82, 2.24) is 15.0 Å². The molecule has 0 aliphatic rings. The highest BCUT2D eigenvalue weighted by Gasteiger charge is 2.27. The minimum atomic E-state index is -0.348. The lowest BCUT2D eigenvalue weighted by Crippen LogP contribution is -2.22. The Hall–Kier alpha value is -3.85. The maximum atomic E-state index is 5.09. The number of fused-ring (bicyclic) bond motifs is 1. The molecule has 0 N–H and O–H groups in total. The molecule has 31 heavy (non-hydrogen) atoms. The lowest BCUT2D eigenvalue weighted by Gasteiger charge is -2.25. The van der Waals surface area contributed by atoms with Gasteiger partial charge in [0, 0.05) is 28.9 Å². The van der Waals surface area contributed by atoms with Gasteiger partial charge in [0.15, 0.2) is 0 Å². The fourth-order valence-corrected chi connectivity index (χ4v) is 3.97. The zero-order valence-electron chi connectivity index (χ0n) is 17.7. The largest absolute Gasteiger partial charge is 0.264 e. The van der Waals surface area contributed by atoms with E-state index in [0.717, 1.165) is 33.9 Å². The van der Waals surface area contributed by atoms with E-state index in [0.29, 0.717) is 0 Å². The third-order valence-corrected chi connectivity index (χ3v) is 5.80. The second-order valence-electron chi connectivity index (χ2n) is 8.21. The van der Waals surface area contributed by atoms with E-state index in [2.05, 4.69) is 91.6 Å². The normalized spacial score (nSPS) is 11.5. The smallest absolute Gasteiger partial charge is 0.0721 e. The summed E-state index contributed by atoms with van der Waals surface area (Å²) in [5.74, 6) is 0. The molecule has 3 nitrogen and oxygen atoms in total. The molecule has 0 atom stereocenters. The third kappa shape index (κ3) is 3.59. The summed E-state index contributed by atoms with van der Waals surface area (Å²) in [5.41, 5.74) is 5.68. The topological polar surface area (TPSA) is 38.7 Å². The number of pyridine rings is 3. The van der Waals surface area contributed by atoms with Crippen LogP contribution in [0.25, 0.3) is 33.3 Å². The Morgan fingerprint density at radius 1 is 0.613 bits per heavy atom. The van der Waals surface area contributed by atoms with Crippen molar-refractivity contribution in [2.45, 2.75) is 19.3 Å². The molecule has 0 unspecified atom stereocenters. The number of benzene rings is 2. The van der Waals surface area contributed by atoms with Gasteiger partial charge in [0.1, 0.15) is 0 Å². The molecule has 0 saturated heterocycles. The lowest BCUT2D eigenvalue weighted by atomic mass is 9.84. The monoisotopic (exact) mass is 401 g/mol. The first-order valence-electron chi connectivity index (χ1n) is 10.5. The summed E-state index contributed by atoms with van der Waals surface area (Å²) in [6.07, 6.45) is 3.62. The maximum Gasteiger partial charge on any atom is 0.0721 e. The molecule has 0 saturated carbocycles. The number of nitrogens with zero attached hydrogens (tertiary/aromatic N) is 3. The first-order chi connectivity index (χ1) is 15.1. The Bertz CT molecular complexity index is 1350. The van der Waals surface area contributed by atoms with E-state index in [4.69, 9.17) is 9.97 Å². The summed E-state index contributed by atoms with van der Waals surface area (Å²) in [5, 5.41) is 2.43. The predicted octanol–water partition coefficient (Wildman–Crippen LogP) is 6.68. The average Bonchev–Trinajstić information content (AvgIpc) is 2.84. The van der Waals surface area contributed by atoms with Crippen molar-refractivity contribution in [1.29, 1.82) is 0 Å². The minimum Gasteiger partial charge on any atom is -0.264 e. The number of hydrogen-bond acceptors (Lipinski definition) is 3. The van der Waals surface area contributed by atoms with E-state index < -0.39 is 0 Å². The molecule has 0 bridgehead atoms. The van der Waals surface area contributed by atoms with Gasteiger partial charge in [0.25, 0.3) is 0 Å². The zero-order chi connectivity index (χ0) is 21.3. The molecule has 0 fully saturated rings. The summed E-state index contributed by atoms with van der Waals surface area (Å²) in [6.45, 7) is 4.36. The molecule has 150 valence electrons. The highest BCUT2D eigenvalue weighted by Crippen LogP contribution is 2.33. The van der Waals surface area contributed by atoms with Crippen molar-refractivity contribution in [3.8, 4) is 22.5 Å². The van der Waals surface area contributed by atoms with Gasteiger partial charge in [-0.15, -0.1) is 0 Å². The first-order valence-corrected chi connectivity index (χ1v) is 10.5. The second-order valence-corrected chi connectivity index (χ2v) is 8.21. The molecule has 0 aliphatic carbocycles. The van der Waals surface area contributed by atoms with Crippen molar-refractivity contribution < 1.29 is 0 Å². The van der Waals surface area contributed by atoms with E-state index in [1.165, 1.54) is 10.8 Å². The summed E-state index contributed by atoms with van der Waals surface area (Å²) in [6, 6.07) is 31.2. The predicted molar refractivity (Wildman–Crippen MR) is 127 cm³/mol. The summed E-state index contributed by atoms with van der Waals surface area (Å²) in [4.78, 5) is 14.3. The Kier molecular flexibility index (Phi) is 4.79. The van der Waals surface area contributed by atoms with Crippen LogP contribution in [0.2, 0.25) is 0 Å². The molecule has 0 amide bonds. The maximum absolute atomic E-state index is 5.09. The molecule has 3 heterocycles. The quantitative estimate of drug-likeness (QED) is 0.337. The average molecular weight is 402 g/mol. The highest BCUT2D eigenvalue weighted by molar-refractivity contribution is 5.95. The van der Waals surface area contributed by atoms with Gasteiger partial charge in [-0.3, -0.25) is 15.0 Å². The SMILES string of the molecule is CC(C)(c1cccc(-c2cccnc2)n1)c1cccc(-c2cccc3ccccc23)n1. The molecule has 3 aromatic heterocycles. The van der Waals surface area contributed by atoms with Crippen LogP contribution in [-0.2, 0) is 5.41 Å². The number of aromatic nitrogens is 3. The Labute approximate surface area is 182 Å². The van der Waals surface area contributed by atoms with Gasteiger partial charge in [0.2, 0.25) is 0 Å². The van der Waals surface area contributed by atoms with Crippen molar-refractivity contribution in [3.63, 3.8) is 0 Å². The van der Waals surface area contributed by atoms with Crippen molar-refractivity contribution in [3.05, 3.63) is 115 Å². The molecule has 5 aromatic rings. The van der Waals surface area contributed by atoms with Crippen LogP contribution in [0.3, 0.4) is 0 Å². The molecular weight excluding hydrogens is 378 g/mol. The highest BCUT2D eigenvalue weighted by atomic mass is 14.8. The van der Waals surface area contributed by atoms with Crippen LogP contribution in [0.5, 0.6) is 0 Å². The Balaban J connectivity index is 1.58. The van der Waals surface area contributed by atoms with Gasteiger partial charge in [0.05, 0.1) is 22.8 Å². The fraction of sp³-hybridized carbons (Fsp3) is 0.107. The summed E-state index contributed by atoms with van der Waals surface area (Å²) in [7, 11) is 0. The lowest BCUT2D eigenvalue weighted by molar-refractivity contribution is 0.597. The third-order valence-electron chi connectivity index (χ3n) is 5.80. The zero-order valence-corrected chi connectivity index (χ0v) is 17.7. The number of hydrogen-bond donors (Lipinski definition) is 0. The molecule has 3 heteroatoms. The second kappa shape index (κ2) is 7.77. The van der Waals surface area contributed by atoms with Crippen LogP contribution in [0.15, 0.2) is 103 Å². The van der Waals surface area contributed by atoms with Crippen molar-refractivity contribution in [2.75, 3.05) is 0 Å². The van der Waals surface area contributed by atoms with Crippen LogP contribution in [0.4, 0.5) is 0 Å². The van der Waals surface area contributed by atoms with Gasteiger partial charge < -0.3 is 0 Å². The Morgan fingerprint density at radius 2 is 1.29 bits per heavy atom. The van der Waals surface area contributed by atoms with Crippen LogP contribution < -0.4 is 0 Å². The summed E-state index contributed by atoms with van der Waals surface area (Å²) >= 11 is 0. The van der Waals surface area contributed by atoms with Crippen molar-refractivity contribution >= 4 is 10.8 Å². The van der Waals surface area contributed by atoms with Crippen LogP contribution in [0, 0.1) is 0 Å². The molecular formula is C28H23N3. The molecule has 0 spiro atoms. The van der Waals surface area contributed by atoms with Crippen molar-refractivity contribution in [2.24, 2.45) is 0 Å². The van der Waals surface area contributed by atoms with Crippen LogP contribution in [-0.4, -0.2) is 15.0 Å². The van der Waals surface area contributed by atoms with Crippen LogP contribution in [0.1, 0.15) is 25.2 Å². The van der Waals surface area contributed by atoms with Gasteiger partial charge in [-0.05, 0) is 61.0 Å².